The Morgan fingerprint density at radius 2 is 1.84 bits per heavy atom. The summed E-state index contributed by atoms with van der Waals surface area (Å²) in [5.74, 6) is -0.804. The van der Waals surface area contributed by atoms with Crippen LogP contribution in [-0.4, -0.2) is 40.8 Å². The fourth-order valence-electron chi connectivity index (χ4n) is 2.24. The third kappa shape index (κ3) is 2.94. The number of hydrogen-bond acceptors (Lipinski definition) is 4. The number of barbiturate groups is 1. The first-order chi connectivity index (χ1) is 8.92. The minimum atomic E-state index is -1.07. The van der Waals surface area contributed by atoms with Gasteiger partial charge in [0.15, 0.2) is 0 Å². The van der Waals surface area contributed by atoms with Crippen molar-refractivity contribution in [1.29, 1.82) is 0 Å². The van der Waals surface area contributed by atoms with Crippen molar-refractivity contribution < 1.29 is 14.4 Å². The highest BCUT2D eigenvalue weighted by atomic mass is 32.2. The molecule has 1 heterocycles. The molecule has 1 aliphatic rings. The molecule has 1 aliphatic heterocycles. The van der Waals surface area contributed by atoms with Crippen molar-refractivity contribution in [1.82, 2.24) is 10.2 Å². The number of rotatable bonds is 6. The molecule has 0 bridgehead atoms. The summed E-state index contributed by atoms with van der Waals surface area (Å²) in [6, 6.07) is -0.583. The molecule has 0 aromatic heterocycles. The summed E-state index contributed by atoms with van der Waals surface area (Å²) in [6.45, 7) is 6.02. The summed E-state index contributed by atoms with van der Waals surface area (Å²) >= 11 is 1.69. The molecule has 1 rings (SSSR count). The van der Waals surface area contributed by atoms with Crippen molar-refractivity contribution in [2.75, 3.05) is 12.8 Å². The molecule has 1 saturated heterocycles. The first-order valence-corrected chi connectivity index (χ1v) is 7.91. The molecule has 5 nitrogen and oxygen atoms in total. The second kappa shape index (κ2) is 6.41. The van der Waals surface area contributed by atoms with Gasteiger partial charge in [0, 0.05) is 11.8 Å². The van der Waals surface area contributed by atoms with Crippen molar-refractivity contribution in [2.45, 2.75) is 45.3 Å². The molecule has 1 N–H and O–H groups in total. The maximum atomic E-state index is 12.5. The van der Waals surface area contributed by atoms with Crippen molar-refractivity contribution in [2.24, 2.45) is 5.41 Å². The number of urea groups is 1. The average molecular weight is 286 g/mol. The summed E-state index contributed by atoms with van der Waals surface area (Å²) in [7, 11) is 0. The number of imide groups is 2. The normalized spacial score (nSPS) is 20.4. The van der Waals surface area contributed by atoms with E-state index < -0.39 is 17.4 Å². The maximum Gasteiger partial charge on any atom is 0.330 e. The fraction of sp³-hybridized carbons (Fsp3) is 0.769. The Balaban J connectivity index is 2.89. The van der Waals surface area contributed by atoms with E-state index in [0.717, 1.165) is 6.42 Å². The van der Waals surface area contributed by atoms with Gasteiger partial charge < -0.3 is 0 Å². The van der Waals surface area contributed by atoms with Gasteiger partial charge in [0.05, 0.1) is 0 Å². The average Bonchev–Trinajstić information content (AvgIpc) is 2.39. The van der Waals surface area contributed by atoms with Gasteiger partial charge in [0.25, 0.3) is 0 Å². The predicted molar refractivity (Wildman–Crippen MR) is 75.9 cm³/mol. The second-order valence-electron chi connectivity index (χ2n) is 4.84. The van der Waals surface area contributed by atoms with Crippen LogP contribution in [0, 0.1) is 5.41 Å². The van der Waals surface area contributed by atoms with Crippen LogP contribution in [0.15, 0.2) is 0 Å². The van der Waals surface area contributed by atoms with Crippen LogP contribution in [0.3, 0.4) is 0 Å². The molecular weight excluding hydrogens is 264 g/mol. The van der Waals surface area contributed by atoms with Gasteiger partial charge in [-0.3, -0.25) is 19.8 Å². The SMILES string of the molecule is CCC1(CC)C(=O)NC(=O)N(CCC(C)SC)C1=O. The Labute approximate surface area is 118 Å². The van der Waals surface area contributed by atoms with Crippen LogP contribution in [0.25, 0.3) is 0 Å². The molecule has 0 aromatic rings. The van der Waals surface area contributed by atoms with Gasteiger partial charge in [0.1, 0.15) is 5.41 Å². The maximum absolute atomic E-state index is 12.5. The van der Waals surface area contributed by atoms with E-state index in [0.29, 0.717) is 24.6 Å². The third-order valence-corrected chi connectivity index (χ3v) is 4.96. The van der Waals surface area contributed by atoms with Crippen LogP contribution >= 0.6 is 11.8 Å². The van der Waals surface area contributed by atoms with E-state index in [1.54, 1.807) is 25.6 Å². The molecule has 4 amide bonds. The highest BCUT2D eigenvalue weighted by molar-refractivity contribution is 7.99. The van der Waals surface area contributed by atoms with Gasteiger partial charge in [-0.25, -0.2) is 4.79 Å². The first-order valence-electron chi connectivity index (χ1n) is 6.63. The Hall–Kier alpha value is -1.04. The van der Waals surface area contributed by atoms with Gasteiger partial charge in [0.2, 0.25) is 11.8 Å². The van der Waals surface area contributed by atoms with E-state index in [9.17, 15) is 14.4 Å². The molecule has 1 fully saturated rings. The van der Waals surface area contributed by atoms with Crippen molar-refractivity contribution in [3.63, 3.8) is 0 Å². The lowest BCUT2D eigenvalue weighted by atomic mass is 9.78. The molecule has 0 aliphatic carbocycles. The predicted octanol–water partition coefficient (Wildman–Crippen LogP) is 2.01. The zero-order valence-corrected chi connectivity index (χ0v) is 12.8. The molecule has 0 spiro atoms. The molecule has 6 heteroatoms. The lowest BCUT2D eigenvalue weighted by Crippen LogP contribution is -2.63. The topological polar surface area (TPSA) is 66.5 Å². The largest absolute Gasteiger partial charge is 0.330 e. The van der Waals surface area contributed by atoms with E-state index in [2.05, 4.69) is 12.2 Å². The molecule has 1 unspecified atom stereocenters. The smallest absolute Gasteiger partial charge is 0.277 e. The zero-order chi connectivity index (χ0) is 14.6. The quantitative estimate of drug-likeness (QED) is 0.759. The third-order valence-electron chi connectivity index (χ3n) is 3.92. The van der Waals surface area contributed by atoms with Crippen LogP contribution in [-0.2, 0) is 9.59 Å². The summed E-state index contributed by atoms with van der Waals surface area (Å²) in [6.07, 6.45) is 3.55. The van der Waals surface area contributed by atoms with Crippen molar-refractivity contribution >= 4 is 29.6 Å². The van der Waals surface area contributed by atoms with Crippen molar-refractivity contribution in [3.05, 3.63) is 0 Å². The van der Waals surface area contributed by atoms with Gasteiger partial charge in [-0.1, -0.05) is 20.8 Å². The molecular formula is C13H22N2O3S. The Morgan fingerprint density at radius 1 is 1.26 bits per heavy atom. The zero-order valence-electron chi connectivity index (χ0n) is 12.0. The van der Waals surface area contributed by atoms with Crippen molar-refractivity contribution in [3.8, 4) is 0 Å². The number of amides is 4. The Kier molecular flexibility index (Phi) is 5.40. The van der Waals surface area contributed by atoms with E-state index in [1.807, 2.05) is 6.26 Å². The fourth-order valence-corrected chi connectivity index (χ4v) is 2.58. The van der Waals surface area contributed by atoms with Crippen LogP contribution in [0.2, 0.25) is 0 Å². The molecule has 108 valence electrons. The van der Waals surface area contributed by atoms with Crippen LogP contribution in [0.1, 0.15) is 40.0 Å². The number of nitrogens with zero attached hydrogens (tertiary/aromatic N) is 1. The van der Waals surface area contributed by atoms with Gasteiger partial charge in [-0.2, -0.15) is 11.8 Å². The summed E-state index contributed by atoms with van der Waals surface area (Å²) < 4.78 is 0. The molecule has 1 atom stereocenters. The molecule has 0 aromatic carbocycles. The number of nitrogens with one attached hydrogen (secondary N) is 1. The minimum Gasteiger partial charge on any atom is -0.277 e. The number of carbonyl (C=O) groups excluding carboxylic acids is 3. The number of hydrogen-bond donors (Lipinski definition) is 1. The highest BCUT2D eigenvalue weighted by Crippen LogP contribution is 2.32. The summed E-state index contributed by atoms with van der Waals surface area (Å²) in [5.41, 5.74) is -1.07. The van der Waals surface area contributed by atoms with Gasteiger partial charge in [-0.15, -0.1) is 0 Å². The minimum absolute atomic E-state index is 0.348. The van der Waals surface area contributed by atoms with Gasteiger partial charge in [-0.05, 0) is 25.5 Å². The van der Waals surface area contributed by atoms with E-state index in [4.69, 9.17) is 0 Å². The van der Waals surface area contributed by atoms with Gasteiger partial charge >= 0.3 is 6.03 Å². The molecule has 0 saturated carbocycles. The summed E-state index contributed by atoms with van der Waals surface area (Å²) in [4.78, 5) is 37.4. The lowest BCUT2D eigenvalue weighted by Gasteiger charge is -2.38. The molecule has 19 heavy (non-hydrogen) atoms. The highest BCUT2D eigenvalue weighted by Gasteiger charge is 2.51. The summed E-state index contributed by atoms with van der Waals surface area (Å²) in [5, 5.41) is 2.69. The van der Waals surface area contributed by atoms with Crippen LogP contribution in [0.4, 0.5) is 4.79 Å². The first kappa shape index (κ1) is 16.0. The lowest BCUT2D eigenvalue weighted by molar-refractivity contribution is -0.152. The number of carbonyl (C=O) groups is 3. The molecule has 0 radical (unpaired) electrons. The standard InChI is InChI=1S/C13H22N2O3S/c1-5-13(6-2)10(16)14-12(18)15(11(13)17)8-7-9(3)19-4/h9H,5-8H2,1-4H3,(H,14,16,18). The Bertz CT molecular complexity index is 380. The second-order valence-corrected chi connectivity index (χ2v) is 6.12. The van der Waals surface area contributed by atoms with Crippen LogP contribution in [0.5, 0.6) is 0 Å². The van der Waals surface area contributed by atoms with E-state index in [-0.39, 0.29) is 5.91 Å². The number of thioether (sulfide) groups is 1. The van der Waals surface area contributed by atoms with E-state index >= 15 is 0 Å². The monoisotopic (exact) mass is 286 g/mol. The Morgan fingerprint density at radius 3 is 2.32 bits per heavy atom. The van der Waals surface area contributed by atoms with E-state index in [1.165, 1.54) is 4.90 Å². The van der Waals surface area contributed by atoms with Crippen LogP contribution < -0.4 is 5.32 Å².